The molecule has 0 aliphatic heterocycles. The molecule has 2 unspecified atom stereocenters. The monoisotopic (exact) mass is 455 g/mol. The van der Waals surface area contributed by atoms with Crippen LogP contribution in [-0.2, 0) is 15.3 Å². The van der Waals surface area contributed by atoms with Crippen LogP contribution in [0.2, 0.25) is 0 Å². The van der Waals surface area contributed by atoms with Gasteiger partial charge in [-0.15, -0.1) is 0 Å². The molecule has 0 fully saturated rings. The highest BCUT2D eigenvalue weighted by atomic mass is 31.1. The quantitative estimate of drug-likeness (QED) is 0.205. The Hall–Kier alpha value is -1.70. The van der Waals surface area contributed by atoms with E-state index in [4.69, 9.17) is 9.47 Å². The number of nitrogens with zero attached hydrogens (tertiary/aromatic N) is 1. The lowest BCUT2D eigenvalue weighted by Crippen LogP contribution is -2.26. The molecule has 176 valence electrons. The standard InChI is InChI=1S/C28H42NO2P/c1-9-11-16-28(10-2,32-25-15-13-12-14-22(25)19-29-7)24-18-23(27(4,5)6)17-21(3)26(24)31-20-30-8/h12-15,17-19,32H,9-11,16,20H2,1-8H3/b29-19+. The molecule has 2 atom stereocenters. The summed E-state index contributed by atoms with van der Waals surface area (Å²) < 4.78 is 11.6. The van der Waals surface area contributed by atoms with E-state index in [1.165, 1.54) is 40.4 Å². The summed E-state index contributed by atoms with van der Waals surface area (Å²) in [5.74, 6) is 0.993. The van der Waals surface area contributed by atoms with Crippen LogP contribution in [0.4, 0.5) is 0 Å². The summed E-state index contributed by atoms with van der Waals surface area (Å²) in [4.78, 5) is 4.31. The molecular formula is C28H42NO2P. The van der Waals surface area contributed by atoms with Gasteiger partial charge in [-0.25, -0.2) is 0 Å². The van der Waals surface area contributed by atoms with E-state index in [-0.39, 0.29) is 17.4 Å². The first-order valence-electron chi connectivity index (χ1n) is 11.8. The van der Waals surface area contributed by atoms with Gasteiger partial charge in [-0.05, 0) is 47.2 Å². The van der Waals surface area contributed by atoms with Gasteiger partial charge in [-0.1, -0.05) is 92.4 Å². The summed E-state index contributed by atoms with van der Waals surface area (Å²) in [6.07, 6.45) is 6.54. The zero-order chi connectivity index (χ0) is 23.8. The average Bonchev–Trinajstić information content (AvgIpc) is 2.76. The lowest BCUT2D eigenvalue weighted by Gasteiger charge is -2.37. The molecule has 0 spiro atoms. The molecule has 0 bridgehead atoms. The van der Waals surface area contributed by atoms with Gasteiger partial charge in [0, 0.05) is 31.1 Å². The summed E-state index contributed by atoms with van der Waals surface area (Å²) in [5, 5.41) is 1.37. The number of ether oxygens (including phenoxy) is 2. The largest absolute Gasteiger partial charge is 0.467 e. The van der Waals surface area contributed by atoms with Crippen LogP contribution in [0, 0.1) is 6.92 Å². The van der Waals surface area contributed by atoms with E-state index in [2.05, 4.69) is 82.9 Å². The van der Waals surface area contributed by atoms with E-state index in [0.717, 1.165) is 18.6 Å². The van der Waals surface area contributed by atoms with Crippen LogP contribution in [-0.4, -0.2) is 27.2 Å². The summed E-state index contributed by atoms with van der Waals surface area (Å²) in [6, 6.07) is 13.4. The zero-order valence-electron chi connectivity index (χ0n) is 21.3. The van der Waals surface area contributed by atoms with Crippen molar-refractivity contribution < 1.29 is 9.47 Å². The van der Waals surface area contributed by atoms with Crippen LogP contribution in [0.25, 0.3) is 0 Å². The summed E-state index contributed by atoms with van der Waals surface area (Å²) >= 11 is 0. The van der Waals surface area contributed by atoms with Crippen molar-refractivity contribution in [2.45, 2.75) is 77.8 Å². The number of rotatable bonds is 11. The second-order valence-electron chi connectivity index (χ2n) is 9.61. The van der Waals surface area contributed by atoms with Crippen molar-refractivity contribution in [3.05, 3.63) is 58.7 Å². The van der Waals surface area contributed by atoms with Crippen molar-refractivity contribution >= 4 is 20.1 Å². The molecule has 2 aromatic rings. The highest BCUT2D eigenvalue weighted by Gasteiger charge is 2.35. The third-order valence-corrected chi connectivity index (χ3v) is 8.22. The van der Waals surface area contributed by atoms with E-state index in [9.17, 15) is 0 Å². The minimum Gasteiger partial charge on any atom is -0.467 e. The Morgan fingerprint density at radius 2 is 1.81 bits per heavy atom. The van der Waals surface area contributed by atoms with E-state index >= 15 is 0 Å². The molecule has 32 heavy (non-hydrogen) atoms. The average molecular weight is 456 g/mol. The topological polar surface area (TPSA) is 30.8 Å². The molecule has 0 heterocycles. The number of benzene rings is 2. The fraction of sp³-hybridized carbons (Fsp3) is 0.536. The minimum atomic E-state index is 0.00277. The number of hydrogen-bond acceptors (Lipinski definition) is 3. The Labute approximate surface area is 197 Å². The van der Waals surface area contributed by atoms with Gasteiger partial charge in [0.15, 0.2) is 6.79 Å². The predicted molar refractivity (Wildman–Crippen MR) is 142 cm³/mol. The van der Waals surface area contributed by atoms with Crippen LogP contribution in [0.3, 0.4) is 0 Å². The van der Waals surface area contributed by atoms with Crippen molar-refractivity contribution in [3.63, 3.8) is 0 Å². The lowest BCUT2D eigenvalue weighted by molar-refractivity contribution is 0.0493. The van der Waals surface area contributed by atoms with Gasteiger partial charge in [-0.3, -0.25) is 4.99 Å². The fourth-order valence-corrected chi connectivity index (χ4v) is 5.98. The molecule has 0 aliphatic carbocycles. The highest BCUT2D eigenvalue weighted by molar-refractivity contribution is 7.48. The summed E-state index contributed by atoms with van der Waals surface area (Å²) in [7, 11) is 4.16. The molecule has 4 heteroatoms. The van der Waals surface area contributed by atoms with Gasteiger partial charge in [-0.2, -0.15) is 0 Å². The van der Waals surface area contributed by atoms with Gasteiger partial charge in [0.1, 0.15) is 5.75 Å². The maximum atomic E-state index is 6.24. The smallest absolute Gasteiger partial charge is 0.188 e. The maximum absolute atomic E-state index is 6.24. The van der Waals surface area contributed by atoms with Gasteiger partial charge in [0.25, 0.3) is 0 Å². The second-order valence-corrected chi connectivity index (χ2v) is 11.4. The summed E-state index contributed by atoms with van der Waals surface area (Å²) in [6.45, 7) is 13.9. The molecule has 0 N–H and O–H groups in total. The van der Waals surface area contributed by atoms with Gasteiger partial charge in [0.05, 0.1) is 0 Å². The first kappa shape index (κ1) is 26.6. The van der Waals surface area contributed by atoms with Crippen LogP contribution in [0.1, 0.15) is 82.6 Å². The van der Waals surface area contributed by atoms with E-state index in [1.54, 1.807) is 7.11 Å². The molecule has 2 aromatic carbocycles. The number of aryl methyl sites for hydroxylation is 1. The molecule has 0 amide bonds. The third-order valence-electron chi connectivity index (χ3n) is 6.14. The first-order valence-corrected chi connectivity index (χ1v) is 12.8. The van der Waals surface area contributed by atoms with Crippen molar-refractivity contribution in [2.75, 3.05) is 21.0 Å². The van der Waals surface area contributed by atoms with Gasteiger partial charge < -0.3 is 9.47 Å². The van der Waals surface area contributed by atoms with Crippen molar-refractivity contribution in [3.8, 4) is 5.75 Å². The van der Waals surface area contributed by atoms with Crippen molar-refractivity contribution in [2.24, 2.45) is 4.99 Å². The Morgan fingerprint density at radius 1 is 1.09 bits per heavy atom. The zero-order valence-corrected chi connectivity index (χ0v) is 22.3. The fourth-order valence-electron chi connectivity index (χ4n) is 4.19. The molecule has 0 saturated carbocycles. The first-order chi connectivity index (χ1) is 15.2. The second kappa shape index (κ2) is 12.0. The van der Waals surface area contributed by atoms with Crippen LogP contribution in [0.15, 0.2) is 41.4 Å². The molecule has 0 aromatic heterocycles. The molecule has 0 aliphatic rings. The molecule has 2 rings (SSSR count). The third kappa shape index (κ3) is 6.42. The van der Waals surface area contributed by atoms with Gasteiger partial charge in [0.2, 0.25) is 0 Å². The SMILES string of the molecule is CCCCC(CC)(Pc1ccccc1/C=N/C)c1cc(C(C)(C)C)cc(C)c1OCOC. The molecule has 0 saturated heterocycles. The maximum Gasteiger partial charge on any atom is 0.188 e. The Balaban J connectivity index is 2.76. The minimum absolute atomic E-state index is 0.00277. The molecule has 3 nitrogen and oxygen atoms in total. The normalized spacial score (nSPS) is 14.4. The van der Waals surface area contributed by atoms with Crippen molar-refractivity contribution in [1.29, 1.82) is 0 Å². The van der Waals surface area contributed by atoms with E-state index in [1.807, 2.05) is 13.3 Å². The van der Waals surface area contributed by atoms with Crippen LogP contribution < -0.4 is 10.0 Å². The summed E-state index contributed by atoms with van der Waals surface area (Å²) in [5.41, 5.74) is 5.16. The lowest BCUT2D eigenvalue weighted by atomic mass is 9.80. The van der Waals surface area contributed by atoms with E-state index < -0.39 is 0 Å². The molecular weight excluding hydrogens is 413 g/mol. The van der Waals surface area contributed by atoms with Crippen molar-refractivity contribution in [1.82, 2.24) is 0 Å². The number of hydrogen-bond donors (Lipinski definition) is 0. The Bertz CT molecular complexity index is 901. The number of unbranched alkanes of at least 4 members (excludes halogenated alkanes) is 1. The van der Waals surface area contributed by atoms with Crippen LogP contribution >= 0.6 is 8.58 Å². The van der Waals surface area contributed by atoms with E-state index in [0.29, 0.717) is 8.58 Å². The molecule has 0 radical (unpaired) electrons. The number of methoxy groups -OCH3 is 1. The number of aliphatic imine (C=N–C) groups is 1. The Kier molecular flexibility index (Phi) is 9.92. The highest BCUT2D eigenvalue weighted by Crippen LogP contribution is 2.52. The van der Waals surface area contributed by atoms with Gasteiger partial charge >= 0.3 is 0 Å². The predicted octanol–water partition coefficient (Wildman–Crippen LogP) is 7.12. The van der Waals surface area contributed by atoms with Crippen LogP contribution in [0.5, 0.6) is 5.75 Å². The Morgan fingerprint density at radius 3 is 2.41 bits per heavy atom.